The maximum atomic E-state index is 5.56. The van der Waals surface area contributed by atoms with E-state index in [0.29, 0.717) is 6.61 Å². The van der Waals surface area contributed by atoms with E-state index in [9.17, 15) is 0 Å². The van der Waals surface area contributed by atoms with E-state index in [2.05, 4.69) is 33.2 Å². The van der Waals surface area contributed by atoms with Gasteiger partial charge in [-0.25, -0.2) is 0 Å². The SMILES string of the molecule is CCCCCCNCCOc1cncc(Br)c1. The molecule has 0 atom stereocenters. The van der Waals surface area contributed by atoms with E-state index in [-0.39, 0.29) is 0 Å². The summed E-state index contributed by atoms with van der Waals surface area (Å²) in [6.45, 7) is 4.89. The first kappa shape index (κ1) is 14.5. The molecule has 0 saturated heterocycles. The summed E-state index contributed by atoms with van der Waals surface area (Å²) in [4.78, 5) is 4.04. The summed E-state index contributed by atoms with van der Waals surface area (Å²) < 4.78 is 6.51. The van der Waals surface area contributed by atoms with Crippen LogP contribution in [0.4, 0.5) is 0 Å². The van der Waals surface area contributed by atoms with Crippen LogP contribution < -0.4 is 10.1 Å². The fourth-order valence-corrected chi connectivity index (χ4v) is 1.86. The molecule has 96 valence electrons. The van der Waals surface area contributed by atoms with Crippen LogP contribution in [0.1, 0.15) is 32.6 Å². The van der Waals surface area contributed by atoms with Gasteiger partial charge in [0.15, 0.2) is 0 Å². The summed E-state index contributed by atoms with van der Waals surface area (Å²) in [6, 6.07) is 1.92. The van der Waals surface area contributed by atoms with E-state index in [1.54, 1.807) is 12.4 Å². The summed E-state index contributed by atoms with van der Waals surface area (Å²) >= 11 is 3.36. The maximum absolute atomic E-state index is 5.56. The monoisotopic (exact) mass is 300 g/mol. The van der Waals surface area contributed by atoms with Gasteiger partial charge in [-0.15, -0.1) is 0 Å². The Labute approximate surface area is 112 Å². The molecule has 0 fully saturated rings. The van der Waals surface area contributed by atoms with Crippen molar-refractivity contribution in [2.24, 2.45) is 0 Å². The Bertz CT molecular complexity index is 307. The maximum Gasteiger partial charge on any atom is 0.138 e. The number of hydrogen-bond acceptors (Lipinski definition) is 3. The molecular formula is C13H21BrN2O. The Balaban J connectivity index is 1.97. The summed E-state index contributed by atoms with van der Waals surface area (Å²) in [5, 5.41) is 3.37. The summed E-state index contributed by atoms with van der Waals surface area (Å²) in [6.07, 6.45) is 8.68. The van der Waals surface area contributed by atoms with Crippen molar-refractivity contribution in [2.75, 3.05) is 19.7 Å². The van der Waals surface area contributed by atoms with Gasteiger partial charge >= 0.3 is 0 Å². The van der Waals surface area contributed by atoms with E-state index in [1.807, 2.05) is 6.07 Å². The predicted molar refractivity (Wildman–Crippen MR) is 74.4 cm³/mol. The Morgan fingerprint density at radius 1 is 1.24 bits per heavy atom. The third-order valence-electron chi connectivity index (χ3n) is 2.43. The zero-order valence-corrected chi connectivity index (χ0v) is 12.0. The Morgan fingerprint density at radius 3 is 2.88 bits per heavy atom. The Hall–Kier alpha value is -0.610. The van der Waals surface area contributed by atoms with Crippen LogP contribution in [0.3, 0.4) is 0 Å². The second-order valence-corrected chi connectivity index (χ2v) is 4.91. The van der Waals surface area contributed by atoms with Crippen molar-refractivity contribution >= 4 is 15.9 Å². The molecule has 4 heteroatoms. The zero-order valence-electron chi connectivity index (χ0n) is 10.4. The minimum Gasteiger partial charge on any atom is -0.491 e. The summed E-state index contributed by atoms with van der Waals surface area (Å²) in [5.74, 6) is 0.812. The average molecular weight is 301 g/mol. The van der Waals surface area contributed by atoms with Gasteiger partial charge in [0.1, 0.15) is 12.4 Å². The molecule has 0 bridgehead atoms. The highest BCUT2D eigenvalue weighted by molar-refractivity contribution is 9.10. The first-order chi connectivity index (χ1) is 8.33. The van der Waals surface area contributed by atoms with Gasteiger partial charge < -0.3 is 10.1 Å². The summed E-state index contributed by atoms with van der Waals surface area (Å²) in [5.41, 5.74) is 0. The van der Waals surface area contributed by atoms with Gasteiger partial charge in [-0.2, -0.15) is 0 Å². The lowest BCUT2D eigenvalue weighted by Gasteiger charge is -2.07. The first-order valence-corrected chi connectivity index (χ1v) is 7.06. The number of aromatic nitrogens is 1. The van der Waals surface area contributed by atoms with Gasteiger partial charge in [0.2, 0.25) is 0 Å². The second-order valence-electron chi connectivity index (χ2n) is 4.00. The first-order valence-electron chi connectivity index (χ1n) is 6.27. The molecule has 0 aliphatic heterocycles. The van der Waals surface area contributed by atoms with Crippen LogP contribution in [0, 0.1) is 0 Å². The number of rotatable bonds is 9. The topological polar surface area (TPSA) is 34.1 Å². The number of hydrogen-bond donors (Lipinski definition) is 1. The lowest BCUT2D eigenvalue weighted by Crippen LogP contribution is -2.22. The molecule has 1 rings (SSSR count). The van der Waals surface area contributed by atoms with Gasteiger partial charge in [0.25, 0.3) is 0 Å². The van der Waals surface area contributed by atoms with Crippen molar-refractivity contribution in [1.82, 2.24) is 10.3 Å². The second kappa shape index (κ2) is 9.42. The van der Waals surface area contributed by atoms with Crippen molar-refractivity contribution < 1.29 is 4.74 Å². The number of nitrogens with zero attached hydrogens (tertiary/aromatic N) is 1. The standard InChI is InChI=1S/C13H21BrN2O/c1-2-3-4-5-6-15-7-8-17-13-9-12(14)10-16-11-13/h9-11,15H,2-8H2,1H3. The molecule has 17 heavy (non-hydrogen) atoms. The molecular weight excluding hydrogens is 280 g/mol. The Kier molecular flexibility index (Phi) is 8.01. The van der Waals surface area contributed by atoms with Gasteiger partial charge in [-0.1, -0.05) is 26.2 Å². The van der Waals surface area contributed by atoms with Crippen molar-refractivity contribution in [3.05, 3.63) is 22.9 Å². The molecule has 3 nitrogen and oxygen atoms in total. The fraction of sp³-hybridized carbons (Fsp3) is 0.615. The van der Waals surface area contributed by atoms with Crippen molar-refractivity contribution in [3.63, 3.8) is 0 Å². The third-order valence-corrected chi connectivity index (χ3v) is 2.87. The van der Waals surface area contributed by atoms with Crippen LogP contribution in [0.15, 0.2) is 22.9 Å². The van der Waals surface area contributed by atoms with E-state index in [0.717, 1.165) is 23.3 Å². The fourth-order valence-electron chi connectivity index (χ4n) is 1.51. The molecule has 0 spiro atoms. The number of nitrogens with one attached hydrogen (secondary N) is 1. The van der Waals surface area contributed by atoms with E-state index in [1.165, 1.54) is 25.7 Å². The van der Waals surface area contributed by atoms with Crippen LogP contribution in [-0.4, -0.2) is 24.7 Å². The third kappa shape index (κ3) is 7.34. The lowest BCUT2D eigenvalue weighted by atomic mass is 10.2. The van der Waals surface area contributed by atoms with E-state index in [4.69, 9.17) is 4.74 Å². The van der Waals surface area contributed by atoms with Crippen molar-refractivity contribution in [2.45, 2.75) is 32.6 Å². The zero-order chi connectivity index (χ0) is 12.3. The molecule has 0 aliphatic rings. The van der Waals surface area contributed by atoms with Crippen molar-refractivity contribution in [3.8, 4) is 5.75 Å². The Morgan fingerprint density at radius 2 is 2.12 bits per heavy atom. The highest BCUT2D eigenvalue weighted by Crippen LogP contribution is 2.15. The normalized spacial score (nSPS) is 10.5. The molecule has 1 N–H and O–H groups in total. The molecule has 0 radical (unpaired) electrons. The van der Waals surface area contributed by atoms with Gasteiger partial charge in [-0.05, 0) is 35.0 Å². The molecule has 0 saturated carbocycles. The van der Waals surface area contributed by atoms with Gasteiger partial charge in [-0.3, -0.25) is 4.98 Å². The van der Waals surface area contributed by atoms with Crippen molar-refractivity contribution in [1.29, 1.82) is 0 Å². The number of unbranched alkanes of at least 4 members (excludes halogenated alkanes) is 3. The molecule has 0 aromatic carbocycles. The molecule has 0 amide bonds. The van der Waals surface area contributed by atoms with Crippen LogP contribution in [0.2, 0.25) is 0 Å². The van der Waals surface area contributed by atoms with Gasteiger partial charge in [0, 0.05) is 17.2 Å². The van der Waals surface area contributed by atoms with Crippen LogP contribution in [0.5, 0.6) is 5.75 Å². The largest absolute Gasteiger partial charge is 0.491 e. The quantitative estimate of drug-likeness (QED) is 0.710. The van der Waals surface area contributed by atoms with Crippen LogP contribution in [-0.2, 0) is 0 Å². The molecule has 1 aromatic heterocycles. The predicted octanol–water partition coefficient (Wildman–Crippen LogP) is 3.39. The molecule has 1 aromatic rings. The minimum absolute atomic E-state index is 0.686. The summed E-state index contributed by atoms with van der Waals surface area (Å²) in [7, 11) is 0. The smallest absolute Gasteiger partial charge is 0.138 e. The molecule has 1 heterocycles. The van der Waals surface area contributed by atoms with E-state index < -0.39 is 0 Å². The van der Waals surface area contributed by atoms with E-state index >= 15 is 0 Å². The molecule has 0 aliphatic carbocycles. The lowest BCUT2D eigenvalue weighted by molar-refractivity contribution is 0.312. The highest BCUT2D eigenvalue weighted by atomic mass is 79.9. The van der Waals surface area contributed by atoms with Gasteiger partial charge in [0.05, 0.1) is 6.20 Å². The minimum atomic E-state index is 0.686. The van der Waals surface area contributed by atoms with Crippen LogP contribution in [0.25, 0.3) is 0 Å². The number of halogens is 1. The molecule has 0 unspecified atom stereocenters. The average Bonchev–Trinajstić information content (AvgIpc) is 2.33. The highest BCUT2D eigenvalue weighted by Gasteiger charge is 1.95. The number of ether oxygens (including phenoxy) is 1. The van der Waals surface area contributed by atoms with Crippen LogP contribution >= 0.6 is 15.9 Å². The number of pyridine rings is 1.